The van der Waals surface area contributed by atoms with Crippen molar-refractivity contribution in [2.75, 3.05) is 12.4 Å². The van der Waals surface area contributed by atoms with Gasteiger partial charge in [0.15, 0.2) is 11.5 Å². The molecule has 0 unspecified atom stereocenters. The fraction of sp³-hybridized carbons (Fsp3) is 0.421. The lowest BCUT2D eigenvalue weighted by Crippen LogP contribution is -2.46. The summed E-state index contributed by atoms with van der Waals surface area (Å²) in [5.74, 6) is -2.36. The van der Waals surface area contributed by atoms with Crippen LogP contribution in [0.1, 0.15) is 19.8 Å². The molecular weight excluding hydrogens is 374 g/mol. The number of halogens is 2. The van der Waals surface area contributed by atoms with E-state index in [0.29, 0.717) is 12.8 Å². The van der Waals surface area contributed by atoms with E-state index in [1.165, 1.54) is 32.2 Å². The second kappa shape index (κ2) is 7.95. The van der Waals surface area contributed by atoms with Crippen molar-refractivity contribution in [3.8, 4) is 11.5 Å². The lowest BCUT2D eigenvalue weighted by molar-refractivity contribution is -0.146. The van der Waals surface area contributed by atoms with Gasteiger partial charge in [-0.3, -0.25) is 19.3 Å². The number of nitrogens with zero attached hydrogens (tertiary/aromatic N) is 1. The van der Waals surface area contributed by atoms with Crippen LogP contribution in [0.2, 0.25) is 0 Å². The Kier molecular flexibility index (Phi) is 5.62. The summed E-state index contributed by atoms with van der Waals surface area (Å²) in [7, 11) is 1.30. The number of allylic oxidation sites excluding steroid dienone is 2. The number of methoxy groups -OCH3 is 1. The summed E-state index contributed by atoms with van der Waals surface area (Å²) < 4.78 is 34.4. The maximum absolute atomic E-state index is 12.6. The van der Waals surface area contributed by atoms with Gasteiger partial charge in [0.05, 0.1) is 18.9 Å². The lowest BCUT2D eigenvalue weighted by atomic mass is 9.85. The Labute approximate surface area is 160 Å². The van der Waals surface area contributed by atoms with Crippen LogP contribution >= 0.6 is 0 Å². The monoisotopic (exact) mass is 394 g/mol. The van der Waals surface area contributed by atoms with Crippen LogP contribution in [-0.2, 0) is 14.4 Å². The molecule has 0 aromatic heterocycles. The summed E-state index contributed by atoms with van der Waals surface area (Å²) >= 11 is 0. The average Bonchev–Trinajstić information content (AvgIpc) is 2.92. The number of imide groups is 1. The minimum Gasteiger partial charge on any atom is -0.493 e. The number of hydrogen-bond acceptors (Lipinski definition) is 5. The van der Waals surface area contributed by atoms with Gasteiger partial charge >= 0.3 is 6.61 Å². The Morgan fingerprint density at radius 2 is 1.75 bits per heavy atom. The number of likely N-dealkylation sites (tertiary alicyclic amines) is 1. The van der Waals surface area contributed by atoms with Gasteiger partial charge in [-0.05, 0) is 31.9 Å². The summed E-state index contributed by atoms with van der Waals surface area (Å²) in [4.78, 5) is 38.7. The van der Waals surface area contributed by atoms with E-state index < -0.39 is 30.4 Å². The van der Waals surface area contributed by atoms with Crippen molar-refractivity contribution in [1.29, 1.82) is 0 Å². The molecule has 1 aromatic rings. The highest BCUT2D eigenvalue weighted by molar-refractivity contribution is 6.10. The molecular formula is C19H20F2N2O5. The molecule has 1 heterocycles. The Balaban J connectivity index is 1.74. The van der Waals surface area contributed by atoms with E-state index >= 15 is 0 Å². The number of nitrogens with one attached hydrogen (secondary N) is 1. The first-order valence-electron chi connectivity index (χ1n) is 8.79. The third-order valence-electron chi connectivity index (χ3n) is 4.96. The van der Waals surface area contributed by atoms with Crippen LogP contribution in [0.3, 0.4) is 0 Å². The van der Waals surface area contributed by atoms with Crippen molar-refractivity contribution in [3.05, 3.63) is 30.4 Å². The van der Waals surface area contributed by atoms with Gasteiger partial charge in [0.2, 0.25) is 17.7 Å². The van der Waals surface area contributed by atoms with Crippen molar-refractivity contribution in [3.63, 3.8) is 0 Å². The van der Waals surface area contributed by atoms with Crippen LogP contribution in [0, 0.1) is 11.8 Å². The zero-order chi connectivity index (χ0) is 20.4. The van der Waals surface area contributed by atoms with Crippen LogP contribution in [-0.4, -0.2) is 42.4 Å². The average molecular weight is 394 g/mol. The number of benzene rings is 1. The predicted octanol–water partition coefficient (Wildman–Crippen LogP) is 2.57. The van der Waals surface area contributed by atoms with Gasteiger partial charge in [0.1, 0.15) is 6.04 Å². The van der Waals surface area contributed by atoms with Crippen LogP contribution in [0.15, 0.2) is 30.4 Å². The third-order valence-corrected chi connectivity index (χ3v) is 4.96. The molecule has 0 saturated carbocycles. The molecule has 9 heteroatoms. The van der Waals surface area contributed by atoms with E-state index in [1.54, 1.807) is 0 Å². The van der Waals surface area contributed by atoms with Gasteiger partial charge in [-0.15, -0.1) is 0 Å². The maximum Gasteiger partial charge on any atom is 0.387 e. The quantitative estimate of drug-likeness (QED) is 0.592. The number of amides is 3. The minimum absolute atomic E-state index is 0.0767. The Bertz CT molecular complexity index is 801. The molecule has 1 aliphatic carbocycles. The van der Waals surface area contributed by atoms with Crippen molar-refractivity contribution < 1.29 is 32.6 Å². The number of fused-ring (bicyclic) bond motifs is 1. The van der Waals surface area contributed by atoms with Crippen molar-refractivity contribution in [1.82, 2.24) is 4.90 Å². The van der Waals surface area contributed by atoms with Gasteiger partial charge in [0, 0.05) is 11.8 Å². The van der Waals surface area contributed by atoms with Gasteiger partial charge in [-0.25, -0.2) is 0 Å². The standard InChI is InChI=1S/C19H20F2N2O5/c1-10(23-17(25)12-5-3-4-6-13(12)18(23)26)16(24)22-11-7-8-14(27-2)15(9-11)28-19(20)21/h3-4,7-10,12-13,19H,5-6H2,1-2H3,(H,22,24)/t10-,12-,13+/m0/s1. The molecule has 2 aliphatic rings. The first kappa shape index (κ1) is 19.8. The van der Waals surface area contributed by atoms with Crippen LogP contribution in [0.5, 0.6) is 11.5 Å². The van der Waals surface area contributed by atoms with Gasteiger partial charge in [0.25, 0.3) is 0 Å². The number of carbonyl (C=O) groups excluding carboxylic acids is 3. The molecule has 0 radical (unpaired) electrons. The number of rotatable bonds is 6. The van der Waals surface area contributed by atoms with Crippen LogP contribution in [0.4, 0.5) is 14.5 Å². The van der Waals surface area contributed by atoms with Crippen LogP contribution < -0.4 is 14.8 Å². The molecule has 1 N–H and O–H groups in total. The van der Waals surface area contributed by atoms with E-state index in [-0.39, 0.29) is 29.0 Å². The molecule has 0 spiro atoms. The molecule has 1 aliphatic heterocycles. The highest BCUT2D eigenvalue weighted by Crippen LogP contribution is 2.36. The molecule has 1 aromatic carbocycles. The number of ether oxygens (including phenoxy) is 2. The first-order valence-corrected chi connectivity index (χ1v) is 8.79. The predicted molar refractivity (Wildman–Crippen MR) is 94.9 cm³/mol. The molecule has 0 bridgehead atoms. The van der Waals surface area contributed by atoms with Gasteiger partial charge in [-0.1, -0.05) is 12.2 Å². The van der Waals surface area contributed by atoms with Crippen molar-refractivity contribution >= 4 is 23.4 Å². The van der Waals surface area contributed by atoms with Crippen LogP contribution in [0.25, 0.3) is 0 Å². The summed E-state index contributed by atoms with van der Waals surface area (Å²) in [6.45, 7) is -1.61. The fourth-order valence-corrected chi connectivity index (χ4v) is 3.51. The minimum atomic E-state index is -3.06. The second-order valence-electron chi connectivity index (χ2n) is 6.61. The molecule has 3 rings (SSSR count). The molecule has 28 heavy (non-hydrogen) atoms. The van der Waals surface area contributed by atoms with E-state index in [9.17, 15) is 23.2 Å². The largest absolute Gasteiger partial charge is 0.493 e. The molecule has 1 fully saturated rings. The summed E-state index contributed by atoms with van der Waals surface area (Å²) in [6.07, 6.45) is 4.69. The molecule has 3 atom stereocenters. The maximum atomic E-state index is 12.6. The summed E-state index contributed by atoms with van der Waals surface area (Å²) in [5, 5.41) is 2.52. The number of carbonyl (C=O) groups is 3. The molecule has 7 nitrogen and oxygen atoms in total. The number of anilines is 1. The molecule has 150 valence electrons. The highest BCUT2D eigenvalue weighted by Gasteiger charge is 2.50. The van der Waals surface area contributed by atoms with Crippen molar-refractivity contribution in [2.24, 2.45) is 11.8 Å². The lowest BCUT2D eigenvalue weighted by Gasteiger charge is -2.22. The highest BCUT2D eigenvalue weighted by atomic mass is 19.3. The smallest absolute Gasteiger partial charge is 0.387 e. The Morgan fingerprint density at radius 1 is 1.14 bits per heavy atom. The second-order valence-corrected chi connectivity index (χ2v) is 6.61. The van der Waals surface area contributed by atoms with Crippen molar-refractivity contribution in [2.45, 2.75) is 32.4 Å². The van der Waals surface area contributed by atoms with Gasteiger partial charge < -0.3 is 14.8 Å². The summed E-state index contributed by atoms with van der Waals surface area (Å²) in [5.41, 5.74) is 0.173. The van der Waals surface area contributed by atoms with E-state index in [2.05, 4.69) is 10.1 Å². The number of alkyl halides is 2. The third kappa shape index (κ3) is 3.69. The fourth-order valence-electron chi connectivity index (χ4n) is 3.51. The first-order chi connectivity index (χ1) is 13.3. The SMILES string of the molecule is COc1ccc(NC(=O)[C@H](C)N2C(=O)[C@H]3CC=CC[C@H]3C2=O)cc1OC(F)F. The topological polar surface area (TPSA) is 84.9 Å². The number of hydrogen-bond donors (Lipinski definition) is 1. The normalized spacial score (nSPS) is 22.2. The molecule has 1 saturated heterocycles. The molecule has 3 amide bonds. The summed E-state index contributed by atoms with van der Waals surface area (Å²) in [6, 6.07) is 2.96. The Hall–Kier alpha value is -2.97. The zero-order valence-electron chi connectivity index (χ0n) is 15.4. The van der Waals surface area contributed by atoms with Gasteiger partial charge in [-0.2, -0.15) is 8.78 Å². The van der Waals surface area contributed by atoms with E-state index in [1.807, 2.05) is 12.2 Å². The van der Waals surface area contributed by atoms with E-state index in [4.69, 9.17) is 4.74 Å². The Morgan fingerprint density at radius 3 is 2.29 bits per heavy atom. The zero-order valence-corrected chi connectivity index (χ0v) is 15.4. The van der Waals surface area contributed by atoms with E-state index in [0.717, 1.165) is 4.90 Å².